The number of benzene rings is 2. The Labute approximate surface area is 154 Å². The topological polar surface area (TPSA) is 76.8 Å². The number of anilines is 1. The Hall–Kier alpha value is -3.03. The summed E-state index contributed by atoms with van der Waals surface area (Å²) in [6, 6.07) is 15.7. The maximum Gasteiger partial charge on any atom is 0.438 e. The van der Waals surface area contributed by atoms with E-state index >= 15 is 0 Å². The summed E-state index contributed by atoms with van der Waals surface area (Å²) in [5.74, 6) is 0.400. The molecule has 0 saturated heterocycles. The molecule has 0 aliphatic rings. The smallest absolute Gasteiger partial charge is 0.438 e. The maximum atomic E-state index is 11.5. The van der Waals surface area contributed by atoms with Crippen molar-refractivity contribution in [3.05, 3.63) is 71.4 Å². The quantitative estimate of drug-likeness (QED) is 0.539. The van der Waals surface area contributed by atoms with E-state index in [1.54, 1.807) is 53.3 Å². The Morgan fingerprint density at radius 1 is 1.19 bits per heavy atom. The highest BCUT2D eigenvalue weighted by Crippen LogP contribution is 2.22. The van der Waals surface area contributed by atoms with Gasteiger partial charge in [-0.2, -0.15) is 5.06 Å². The minimum absolute atomic E-state index is 0.113. The average molecular weight is 374 g/mol. The summed E-state index contributed by atoms with van der Waals surface area (Å²) in [5, 5.41) is 15.3. The van der Waals surface area contributed by atoms with Gasteiger partial charge in [-0.05, 0) is 30.3 Å². The fourth-order valence-electron chi connectivity index (χ4n) is 2.30. The summed E-state index contributed by atoms with van der Waals surface area (Å²) in [5.41, 5.74) is 1.72. The van der Waals surface area contributed by atoms with Crippen molar-refractivity contribution in [2.45, 2.75) is 6.61 Å². The van der Waals surface area contributed by atoms with Gasteiger partial charge in [0, 0.05) is 22.8 Å². The first kappa shape index (κ1) is 17.8. The summed E-state index contributed by atoms with van der Waals surface area (Å²) in [6.07, 6.45) is 0.876. The minimum Gasteiger partial charge on any atom is -0.472 e. The minimum atomic E-state index is -0.885. The number of rotatable bonds is 5. The number of aromatic nitrogens is 2. The van der Waals surface area contributed by atoms with E-state index < -0.39 is 6.09 Å². The van der Waals surface area contributed by atoms with Gasteiger partial charge in [0.2, 0.25) is 5.88 Å². The van der Waals surface area contributed by atoms with Crippen molar-refractivity contribution < 1.29 is 19.5 Å². The third kappa shape index (κ3) is 3.96. The van der Waals surface area contributed by atoms with Gasteiger partial charge in [-0.3, -0.25) is 5.21 Å². The highest BCUT2D eigenvalue weighted by atomic mass is 35.5. The predicted molar refractivity (Wildman–Crippen MR) is 96.0 cm³/mol. The van der Waals surface area contributed by atoms with Crippen LogP contribution >= 0.6 is 11.6 Å². The van der Waals surface area contributed by atoms with Crippen molar-refractivity contribution in [3.63, 3.8) is 0 Å². The van der Waals surface area contributed by atoms with Gasteiger partial charge in [0.25, 0.3) is 0 Å². The van der Waals surface area contributed by atoms with Crippen molar-refractivity contribution in [2.75, 3.05) is 12.2 Å². The molecule has 134 valence electrons. The van der Waals surface area contributed by atoms with Crippen LogP contribution in [0.25, 0.3) is 5.69 Å². The third-order valence-electron chi connectivity index (χ3n) is 3.60. The highest BCUT2D eigenvalue weighted by molar-refractivity contribution is 6.30. The summed E-state index contributed by atoms with van der Waals surface area (Å²) in [6.45, 7) is 0.113. The molecule has 0 radical (unpaired) electrons. The van der Waals surface area contributed by atoms with Crippen LogP contribution in [0.2, 0.25) is 5.02 Å². The van der Waals surface area contributed by atoms with Gasteiger partial charge in [0.1, 0.15) is 6.61 Å². The number of amides is 1. The number of ether oxygens (including phenoxy) is 2. The van der Waals surface area contributed by atoms with E-state index in [-0.39, 0.29) is 12.3 Å². The molecule has 0 spiro atoms. The van der Waals surface area contributed by atoms with Crippen LogP contribution in [0.5, 0.6) is 5.88 Å². The van der Waals surface area contributed by atoms with Crippen LogP contribution < -0.4 is 9.80 Å². The van der Waals surface area contributed by atoms with Crippen molar-refractivity contribution in [1.82, 2.24) is 9.78 Å². The first-order chi connectivity index (χ1) is 12.6. The lowest BCUT2D eigenvalue weighted by atomic mass is 10.2. The number of para-hydroxylation sites is 1. The SMILES string of the molecule is COC(=O)N(O)c1ccccc1COc1ccn(-c2ccc(Cl)cc2)n1. The number of carbonyl (C=O) groups excluding carboxylic acids is 1. The van der Waals surface area contributed by atoms with Crippen molar-refractivity contribution >= 4 is 23.4 Å². The number of carbonyl (C=O) groups is 1. The summed E-state index contributed by atoms with van der Waals surface area (Å²) < 4.78 is 11.8. The largest absolute Gasteiger partial charge is 0.472 e. The molecular weight excluding hydrogens is 358 g/mol. The van der Waals surface area contributed by atoms with Crippen LogP contribution in [-0.2, 0) is 11.3 Å². The summed E-state index contributed by atoms with van der Waals surface area (Å²) >= 11 is 5.88. The van der Waals surface area contributed by atoms with Crippen molar-refractivity contribution in [1.29, 1.82) is 0 Å². The molecule has 7 nitrogen and oxygen atoms in total. The summed E-state index contributed by atoms with van der Waals surface area (Å²) in [4.78, 5) is 11.5. The molecule has 0 saturated carbocycles. The molecule has 8 heteroatoms. The van der Waals surface area contributed by atoms with Gasteiger partial charge in [-0.1, -0.05) is 29.8 Å². The van der Waals surface area contributed by atoms with E-state index in [4.69, 9.17) is 16.3 Å². The van der Waals surface area contributed by atoms with Gasteiger partial charge in [-0.25, -0.2) is 9.48 Å². The molecule has 0 aliphatic carbocycles. The van der Waals surface area contributed by atoms with Gasteiger partial charge in [0.15, 0.2) is 0 Å². The molecular formula is C18H16ClN3O4. The van der Waals surface area contributed by atoms with Gasteiger partial charge >= 0.3 is 6.09 Å². The Morgan fingerprint density at radius 2 is 1.92 bits per heavy atom. The predicted octanol–water partition coefficient (Wildman–Crippen LogP) is 4.07. The molecule has 2 aromatic carbocycles. The van der Waals surface area contributed by atoms with Crippen LogP contribution in [0, 0.1) is 0 Å². The number of halogens is 1. The van der Waals surface area contributed by atoms with E-state index in [1.165, 1.54) is 7.11 Å². The lowest BCUT2D eigenvalue weighted by Crippen LogP contribution is -2.27. The fraction of sp³-hybridized carbons (Fsp3) is 0.111. The second-order valence-electron chi connectivity index (χ2n) is 5.27. The van der Waals surface area contributed by atoms with E-state index in [2.05, 4.69) is 9.84 Å². The molecule has 26 heavy (non-hydrogen) atoms. The lowest BCUT2D eigenvalue weighted by Gasteiger charge is -2.16. The summed E-state index contributed by atoms with van der Waals surface area (Å²) in [7, 11) is 1.19. The molecule has 0 aliphatic heterocycles. The van der Waals surface area contributed by atoms with E-state index in [9.17, 15) is 10.0 Å². The lowest BCUT2D eigenvalue weighted by molar-refractivity contribution is 0.140. The second kappa shape index (κ2) is 7.90. The fourth-order valence-corrected chi connectivity index (χ4v) is 2.42. The van der Waals surface area contributed by atoms with Gasteiger partial charge < -0.3 is 9.47 Å². The molecule has 3 rings (SSSR count). The Bertz CT molecular complexity index is 895. The standard InChI is InChI=1S/C18H16ClN3O4/c1-25-18(23)22(24)16-5-3-2-4-13(16)12-26-17-10-11-21(20-17)15-8-6-14(19)7-9-15/h2-11,24H,12H2,1H3. The second-order valence-corrected chi connectivity index (χ2v) is 5.71. The highest BCUT2D eigenvalue weighted by Gasteiger charge is 2.17. The first-order valence-corrected chi connectivity index (χ1v) is 8.05. The molecule has 0 bridgehead atoms. The molecule has 3 aromatic rings. The average Bonchev–Trinajstić information content (AvgIpc) is 3.15. The number of hydrogen-bond acceptors (Lipinski definition) is 5. The van der Waals surface area contributed by atoms with Crippen molar-refractivity contribution in [3.8, 4) is 11.6 Å². The van der Waals surface area contributed by atoms with Crippen molar-refractivity contribution in [2.24, 2.45) is 0 Å². The zero-order valence-corrected chi connectivity index (χ0v) is 14.6. The van der Waals surface area contributed by atoms with Gasteiger partial charge in [0.05, 0.1) is 18.5 Å². The Balaban J connectivity index is 1.72. The first-order valence-electron chi connectivity index (χ1n) is 7.68. The number of methoxy groups -OCH3 is 1. The molecule has 1 aromatic heterocycles. The van der Waals surface area contributed by atoms with E-state index in [0.717, 1.165) is 5.69 Å². The van der Waals surface area contributed by atoms with E-state index in [1.807, 2.05) is 12.1 Å². The Kier molecular flexibility index (Phi) is 5.40. The number of hydroxylamine groups is 1. The third-order valence-corrected chi connectivity index (χ3v) is 3.85. The van der Waals surface area contributed by atoms with Gasteiger partial charge in [-0.15, -0.1) is 5.10 Å². The molecule has 0 fully saturated rings. The molecule has 1 N–H and O–H groups in total. The normalized spacial score (nSPS) is 10.4. The number of hydrogen-bond donors (Lipinski definition) is 1. The number of nitrogens with zero attached hydrogens (tertiary/aromatic N) is 3. The maximum absolute atomic E-state index is 11.5. The Morgan fingerprint density at radius 3 is 2.65 bits per heavy atom. The van der Waals surface area contributed by atoms with E-state index in [0.29, 0.717) is 21.5 Å². The van der Waals surface area contributed by atoms with Crippen LogP contribution in [0.1, 0.15) is 5.56 Å². The zero-order valence-electron chi connectivity index (χ0n) is 13.9. The van der Waals surface area contributed by atoms with Crippen LogP contribution in [0.3, 0.4) is 0 Å². The zero-order chi connectivity index (χ0) is 18.5. The monoisotopic (exact) mass is 373 g/mol. The van der Waals surface area contributed by atoms with Crippen LogP contribution in [-0.4, -0.2) is 28.2 Å². The molecule has 0 unspecified atom stereocenters. The molecule has 1 amide bonds. The van der Waals surface area contributed by atoms with Crippen LogP contribution in [0.4, 0.5) is 10.5 Å². The molecule has 1 heterocycles. The van der Waals surface area contributed by atoms with Crippen LogP contribution in [0.15, 0.2) is 60.8 Å². The molecule has 0 atom stereocenters.